The van der Waals surface area contributed by atoms with Crippen LogP contribution in [0, 0.1) is 6.92 Å². The molecular formula is C24H33N5O. The molecule has 3 heterocycles. The molecule has 2 fully saturated rings. The van der Waals surface area contributed by atoms with Crippen LogP contribution in [-0.2, 0) is 5.41 Å². The number of carbonyl (C=O) groups excluding carboxylic acids is 1. The van der Waals surface area contributed by atoms with E-state index in [9.17, 15) is 4.79 Å². The molecule has 0 bridgehead atoms. The molecule has 2 aliphatic heterocycles. The van der Waals surface area contributed by atoms with Crippen LogP contribution in [-0.4, -0.2) is 77.4 Å². The number of nitrogens with zero attached hydrogens (tertiary/aromatic N) is 5. The average Bonchev–Trinajstić information content (AvgIpc) is 2.76. The zero-order valence-electron chi connectivity index (χ0n) is 18.6. The van der Waals surface area contributed by atoms with E-state index in [4.69, 9.17) is 9.97 Å². The molecule has 160 valence electrons. The van der Waals surface area contributed by atoms with Gasteiger partial charge in [0.25, 0.3) is 5.91 Å². The summed E-state index contributed by atoms with van der Waals surface area (Å²) in [6.45, 7) is 8.54. The first-order chi connectivity index (χ1) is 14.4. The van der Waals surface area contributed by atoms with Crippen molar-refractivity contribution < 1.29 is 4.79 Å². The van der Waals surface area contributed by atoms with Gasteiger partial charge in [-0.15, -0.1) is 0 Å². The number of rotatable bonds is 3. The zero-order chi connectivity index (χ0) is 21.3. The quantitative estimate of drug-likeness (QED) is 0.783. The van der Waals surface area contributed by atoms with E-state index in [1.54, 1.807) is 0 Å². The lowest BCUT2D eigenvalue weighted by Gasteiger charge is -2.40. The maximum Gasteiger partial charge on any atom is 0.272 e. The molecular weight excluding hydrogens is 374 g/mol. The Bertz CT molecular complexity index is 892. The monoisotopic (exact) mass is 407 g/mol. The number of piperidine rings is 1. The van der Waals surface area contributed by atoms with Gasteiger partial charge in [0.05, 0.1) is 6.04 Å². The van der Waals surface area contributed by atoms with Crippen LogP contribution in [0.25, 0.3) is 0 Å². The Morgan fingerprint density at radius 3 is 2.43 bits per heavy atom. The SMILES string of the molecule is Cc1cc(C(=O)N2CCN(C)C(c3ccccc3)C2)nc(C2(C)CCN(C)CC2)n1. The third kappa shape index (κ3) is 4.25. The number of amides is 1. The number of carbonyl (C=O) groups is 1. The predicted octanol–water partition coefficient (Wildman–Crippen LogP) is 2.90. The number of likely N-dealkylation sites (tertiary alicyclic amines) is 1. The van der Waals surface area contributed by atoms with Gasteiger partial charge in [-0.2, -0.15) is 0 Å². The summed E-state index contributed by atoms with van der Waals surface area (Å²) in [5, 5.41) is 0. The smallest absolute Gasteiger partial charge is 0.272 e. The van der Waals surface area contributed by atoms with Gasteiger partial charge >= 0.3 is 0 Å². The summed E-state index contributed by atoms with van der Waals surface area (Å²) in [5.41, 5.74) is 2.59. The molecule has 2 saturated heterocycles. The Labute approximate surface area is 179 Å². The normalized spacial score (nSPS) is 22.8. The van der Waals surface area contributed by atoms with Crippen LogP contribution < -0.4 is 0 Å². The summed E-state index contributed by atoms with van der Waals surface area (Å²) in [6, 6.07) is 12.5. The lowest BCUT2D eigenvalue weighted by Crippen LogP contribution is -2.49. The molecule has 6 nitrogen and oxygen atoms in total. The van der Waals surface area contributed by atoms with Gasteiger partial charge in [-0.05, 0) is 58.6 Å². The molecule has 1 aromatic heterocycles. The molecule has 0 radical (unpaired) electrons. The molecule has 1 amide bonds. The van der Waals surface area contributed by atoms with Crippen LogP contribution in [0.1, 0.15) is 53.4 Å². The van der Waals surface area contributed by atoms with Gasteiger partial charge in [-0.1, -0.05) is 37.3 Å². The minimum atomic E-state index is -0.0672. The summed E-state index contributed by atoms with van der Waals surface area (Å²) in [4.78, 5) is 29.6. The minimum Gasteiger partial charge on any atom is -0.334 e. The molecule has 2 aliphatic rings. The van der Waals surface area contributed by atoms with Crippen molar-refractivity contribution in [1.29, 1.82) is 0 Å². The van der Waals surface area contributed by atoms with Gasteiger partial charge in [0, 0.05) is 30.7 Å². The third-order valence-corrected chi connectivity index (χ3v) is 6.82. The Kier molecular flexibility index (Phi) is 5.89. The number of hydrogen-bond donors (Lipinski definition) is 0. The maximum absolute atomic E-state index is 13.4. The van der Waals surface area contributed by atoms with E-state index >= 15 is 0 Å². The Morgan fingerprint density at radius 1 is 1.03 bits per heavy atom. The molecule has 1 atom stereocenters. The maximum atomic E-state index is 13.4. The highest BCUT2D eigenvalue weighted by Gasteiger charge is 2.35. The van der Waals surface area contributed by atoms with E-state index in [1.807, 2.05) is 24.0 Å². The van der Waals surface area contributed by atoms with Crippen molar-refractivity contribution in [2.75, 3.05) is 46.8 Å². The summed E-state index contributed by atoms with van der Waals surface area (Å²) in [7, 11) is 4.29. The molecule has 4 rings (SSSR count). The molecule has 2 aromatic rings. The van der Waals surface area contributed by atoms with Crippen LogP contribution in [0.4, 0.5) is 0 Å². The molecule has 1 aromatic carbocycles. The van der Waals surface area contributed by atoms with Crippen LogP contribution in [0.3, 0.4) is 0 Å². The van der Waals surface area contributed by atoms with E-state index in [-0.39, 0.29) is 17.4 Å². The number of aryl methyl sites for hydroxylation is 1. The predicted molar refractivity (Wildman–Crippen MR) is 119 cm³/mol. The second kappa shape index (κ2) is 8.44. The van der Waals surface area contributed by atoms with Crippen LogP contribution >= 0.6 is 0 Å². The van der Waals surface area contributed by atoms with Crippen LogP contribution in [0.5, 0.6) is 0 Å². The van der Waals surface area contributed by atoms with Crippen molar-refractivity contribution in [3.05, 3.63) is 59.2 Å². The number of aromatic nitrogens is 2. The zero-order valence-corrected chi connectivity index (χ0v) is 18.6. The van der Waals surface area contributed by atoms with E-state index in [0.717, 1.165) is 50.5 Å². The van der Waals surface area contributed by atoms with E-state index in [0.29, 0.717) is 12.2 Å². The molecule has 6 heteroatoms. The molecule has 0 saturated carbocycles. The van der Waals surface area contributed by atoms with Crippen molar-refractivity contribution in [1.82, 2.24) is 24.7 Å². The van der Waals surface area contributed by atoms with Gasteiger partial charge in [0.2, 0.25) is 0 Å². The highest BCUT2D eigenvalue weighted by molar-refractivity contribution is 5.92. The van der Waals surface area contributed by atoms with Crippen molar-refractivity contribution in [2.45, 2.75) is 38.1 Å². The van der Waals surface area contributed by atoms with Gasteiger partial charge in [0.1, 0.15) is 11.5 Å². The standard InChI is InChI=1S/C24H33N5O/c1-18-16-20(26-23(25-18)24(2)10-12-27(3)13-11-24)22(30)29-15-14-28(4)21(17-29)19-8-6-5-7-9-19/h5-9,16,21H,10-15,17H2,1-4H3. The van der Waals surface area contributed by atoms with Gasteiger partial charge < -0.3 is 9.80 Å². The second-order valence-electron chi connectivity index (χ2n) is 9.24. The molecule has 0 aliphatic carbocycles. The largest absolute Gasteiger partial charge is 0.334 e. The molecule has 1 unspecified atom stereocenters. The van der Waals surface area contributed by atoms with E-state index in [2.05, 4.69) is 55.1 Å². The Balaban J connectivity index is 1.56. The average molecular weight is 408 g/mol. The summed E-state index contributed by atoms with van der Waals surface area (Å²) < 4.78 is 0. The number of hydrogen-bond acceptors (Lipinski definition) is 5. The topological polar surface area (TPSA) is 52.6 Å². The lowest BCUT2D eigenvalue weighted by atomic mass is 9.79. The van der Waals surface area contributed by atoms with Crippen molar-refractivity contribution in [3.63, 3.8) is 0 Å². The fourth-order valence-corrected chi connectivity index (χ4v) is 4.54. The lowest BCUT2D eigenvalue weighted by molar-refractivity contribution is 0.0539. The van der Waals surface area contributed by atoms with E-state index in [1.165, 1.54) is 5.56 Å². The van der Waals surface area contributed by atoms with E-state index < -0.39 is 0 Å². The number of likely N-dealkylation sites (N-methyl/N-ethyl adjacent to an activating group) is 1. The fraction of sp³-hybridized carbons (Fsp3) is 0.542. The van der Waals surface area contributed by atoms with Crippen LogP contribution in [0.2, 0.25) is 0 Å². The highest BCUT2D eigenvalue weighted by atomic mass is 16.2. The van der Waals surface area contributed by atoms with Crippen LogP contribution in [0.15, 0.2) is 36.4 Å². The highest BCUT2D eigenvalue weighted by Crippen LogP contribution is 2.33. The fourth-order valence-electron chi connectivity index (χ4n) is 4.54. The Hall–Kier alpha value is -2.31. The number of piperazine rings is 1. The number of benzene rings is 1. The second-order valence-corrected chi connectivity index (χ2v) is 9.24. The van der Waals surface area contributed by atoms with Gasteiger partial charge in [-0.25, -0.2) is 9.97 Å². The minimum absolute atomic E-state index is 0.0207. The summed E-state index contributed by atoms with van der Waals surface area (Å²) in [6.07, 6.45) is 2.04. The Morgan fingerprint density at radius 2 is 1.73 bits per heavy atom. The van der Waals surface area contributed by atoms with Crippen molar-refractivity contribution in [3.8, 4) is 0 Å². The third-order valence-electron chi connectivity index (χ3n) is 6.82. The molecule has 0 N–H and O–H groups in total. The first kappa shape index (κ1) is 20.9. The first-order valence-electron chi connectivity index (χ1n) is 10.9. The van der Waals surface area contributed by atoms with Crippen molar-refractivity contribution >= 4 is 5.91 Å². The summed E-state index contributed by atoms with van der Waals surface area (Å²) in [5.74, 6) is 0.847. The molecule has 0 spiro atoms. The summed E-state index contributed by atoms with van der Waals surface area (Å²) >= 11 is 0. The first-order valence-corrected chi connectivity index (χ1v) is 10.9. The van der Waals surface area contributed by atoms with Gasteiger partial charge in [-0.3, -0.25) is 9.69 Å². The van der Waals surface area contributed by atoms with Gasteiger partial charge in [0.15, 0.2) is 0 Å². The molecule has 30 heavy (non-hydrogen) atoms. The van der Waals surface area contributed by atoms with Crippen molar-refractivity contribution in [2.24, 2.45) is 0 Å².